The molecular weight excluding hydrogens is 172 g/mol. The van der Waals surface area contributed by atoms with Crippen LogP contribution < -0.4 is 5.32 Å². The van der Waals surface area contributed by atoms with Crippen molar-refractivity contribution in [3.8, 4) is 0 Å². The Labute approximate surface area is 77.7 Å². The summed E-state index contributed by atoms with van der Waals surface area (Å²) >= 11 is 0. The van der Waals surface area contributed by atoms with Crippen LogP contribution in [-0.4, -0.2) is 61.9 Å². The van der Waals surface area contributed by atoms with Gasteiger partial charge in [-0.2, -0.15) is 0 Å². The number of morpholine rings is 1. The third-order valence-electron chi connectivity index (χ3n) is 1.98. The second-order valence-electron chi connectivity index (χ2n) is 3.02. The van der Waals surface area contributed by atoms with Gasteiger partial charge >= 0.3 is 5.97 Å². The average Bonchev–Trinajstić information content (AvgIpc) is 2.14. The maximum atomic E-state index is 10.2. The molecule has 0 unspecified atom stereocenters. The molecule has 0 radical (unpaired) electrons. The molecule has 0 spiro atoms. The van der Waals surface area contributed by atoms with E-state index in [1.165, 1.54) is 0 Å². The molecule has 0 aliphatic carbocycles. The summed E-state index contributed by atoms with van der Waals surface area (Å²) in [6, 6.07) is 0. The topological polar surface area (TPSA) is 61.8 Å². The first-order valence-electron chi connectivity index (χ1n) is 4.51. The Bertz CT molecular complexity index is 157. The van der Waals surface area contributed by atoms with Crippen LogP contribution >= 0.6 is 0 Å². The van der Waals surface area contributed by atoms with Gasteiger partial charge in [-0.3, -0.25) is 9.69 Å². The van der Waals surface area contributed by atoms with Crippen molar-refractivity contribution < 1.29 is 14.6 Å². The Kier molecular flexibility index (Phi) is 4.74. The molecule has 13 heavy (non-hydrogen) atoms. The van der Waals surface area contributed by atoms with E-state index in [4.69, 9.17) is 9.84 Å². The van der Waals surface area contributed by atoms with Gasteiger partial charge < -0.3 is 15.2 Å². The fraction of sp³-hybridized carbons (Fsp3) is 0.875. The number of hydrogen-bond acceptors (Lipinski definition) is 4. The standard InChI is InChI=1S/C8H16N2O3/c11-8(12)7-9-1-2-10-3-5-13-6-4-10/h9H,1-7H2,(H,11,12). The number of nitrogens with zero attached hydrogens (tertiary/aromatic N) is 1. The molecule has 1 aliphatic rings. The molecule has 0 aromatic carbocycles. The van der Waals surface area contributed by atoms with Gasteiger partial charge in [0.15, 0.2) is 0 Å². The summed E-state index contributed by atoms with van der Waals surface area (Å²) in [5.41, 5.74) is 0. The zero-order valence-electron chi connectivity index (χ0n) is 7.66. The molecule has 76 valence electrons. The van der Waals surface area contributed by atoms with Gasteiger partial charge in [-0.15, -0.1) is 0 Å². The molecule has 0 amide bonds. The Morgan fingerprint density at radius 1 is 1.46 bits per heavy atom. The van der Waals surface area contributed by atoms with E-state index in [1.807, 2.05) is 0 Å². The molecule has 0 saturated carbocycles. The number of carboxylic acids is 1. The summed E-state index contributed by atoms with van der Waals surface area (Å²) in [5, 5.41) is 11.2. The van der Waals surface area contributed by atoms with E-state index in [-0.39, 0.29) is 6.54 Å². The van der Waals surface area contributed by atoms with Crippen LogP contribution in [0, 0.1) is 0 Å². The van der Waals surface area contributed by atoms with Crippen molar-refractivity contribution in [3.63, 3.8) is 0 Å². The lowest BCUT2D eigenvalue weighted by atomic mass is 10.4. The molecule has 1 heterocycles. The minimum atomic E-state index is -0.804. The minimum Gasteiger partial charge on any atom is -0.480 e. The van der Waals surface area contributed by atoms with Crippen LogP contribution in [0.25, 0.3) is 0 Å². The van der Waals surface area contributed by atoms with Gasteiger partial charge in [-0.05, 0) is 0 Å². The maximum absolute atomic E-state index is 10.2. The first kappa shape index (κ1) is 10.4. The highest BCUT2D eigenvalue weighted by molar-refractivity contribution is 5.68. The zero-order valence-corrected chi connectivity index (χ0v) is 7.66. The van der Waals surface area contributed by atoms with E-state index >= 15 is 0 Å². The monoisotopic (exact) mass is 188 g/mol. The van der Waals surface area contributed by atoms with Crippen LogP contribution in [-0.2, 0) is 9.53 Å². The smallest absolute Gasteiger partial charge is 0.317 e. The lowest BCUT2D eigenvalue weighted by molar-refractivity contribution is -0.135. The summed E-state index contributed by atoms with van der Waals surface area (Å²) in [6.45, 7) is 5.16. The van der Waals surface area contributed by atoms with E-state index in [1.54, 1.807) is 0 Å². The molecule has 0 aromatic heterocycles. The predicted octanol–water partition coefficient (Wildman–Crippen LogP) is -1.01. The van der Waals surface area contributed by atoms with Crippen molar-refractivity contribution in [1.82, 2.24) is 10.2 Å². The third-order valence-corrected chi connectivity index (χ3v) is 1.98. The van der Waals surface area contributed by atoms with Crippen molar-refractivity contribution in [3.05, 3.63) is 0 Å². The minimum absolute atomic E-state index is 0.0460. The van der Waals surface area contributed by atoms with Gasteiger partial charge in [0, 0.05) is 26.2 Å². The van der Waals surface area contributed by atoms with Crippen molar-refractivity contribution >= 4 is 5.97 Å². The number of ether oxygens (including phenoxy) is 1. The Balaban J connectivity index is 1.95. The molecule has 5 heteroatoms. The molecule has 0 aromatic rings. The SMILES string of the molecule is O=C(O)CNCCN1CCOCC1. The quantitative estimate of drug-likeness (QED) is 0.541. The van der Waals surface area contributed by atoms with E-state index in [2.05, 4.69) is 10.2 Å². The van der Waals surface area contributed by atoms with Crippen LogP contribution in [0.3, 0.4) is 0 Å². The van der Waals surface area contributed by atoms with Gasteiger partial charge in [0.1, 0.15) is 0 Å². The Morgan fingerprint density at radius 2 is 2.15 bits per heavy atom. The summed E-state index contributed by atoms with van der Waals surface area (Å²) in [4.78, 5) is 12.4. The number of aliphatic carboxylic acids is 1. The molecule has 0 atom stereocenters. The second-order valence-corrected chi connectivity index (χ2v) is 3.02. The second kappa shape index (κ2) is 5.90. The maximum Gasteiger partial charge on any atom is 0.317 e. The van der Waals surface area contributed by atoms with E-state index in [0.29, 0.717) is 0 Å². The lowest BCUT2D eigenvalue weighted by Gasteiger charge is -2.26. The first-order chi connectivity index (χ1) is 6.29. The number of rotatable bonds is 5. The molecule has 5 nitrogen and oxygen atoms in total. The highest BCUT2D eigenvalue weighted by Crippen LogP contribution is 1.94. The third kappa shape index (κ3) is 4.82. The largest absolute Gasteiger partial charge is 0.480 e. The van der Waals surface area contributed by atoms with Crippen LogP contribution in [0.1, 0.15) is 0 Å². The molecule has 1 aliphatic heterocycles. The van der Waals surface area contributed by atoms with Crippen molar-refractivity contribution in [2.24, 2.45) is 0 Å². The summed E-state index contributed by atoms with van der Waals surface area (Å²) in [7, 11) is 0. The summed E-state index contributed by atoms with van der Waals surface area (Å²) in [5.74, 6) is -0.804. The van der Waals surface area contributed by atoms with Crippen molar-refractivity contribution in [2.45, 2.75) is 0 Å². The van der Waals surface area contributed by atoms with Crippen LogP contribution in [0.4, 0.5) is 0 Å². The number of carboxylic acid groups (broad SMARTS) is 1. The zero-order chi connectivity index (χ0) is 9.52. The van der Waals surface area contributed by atoms with Gasteiger partial charge in [0.2, 0.25) is 0 Å². The fourth-order valence-electron chi connectivity index (χ4n) is 1.26. The Hall–Kier alpha value is -0.650. The van der Waals surface area contributed by atoms with Gasteiger partial charge in [0.25, 0.3) is 0 Å². The predicted molar refractivity (Wildman–Crippen MR) is 47.8 cm³/mol. The van der Waals surface area contributed by atoms with Crippen LogP contribution in [0.15, 0.2) is 0 Å². The normalized spacial score (nSPS) is 18.8. The van der Waals surface area contributed by atoms with Gasteiger partial charge in [-0.25, -0.2) is 0 Å². The van der Waals surface area contributed by atoms with E-state index in [9.17, 15) is 4.79 Å². The summed E-state index contributed by atoms with van der Waals surface area (Å²) in [6.07, 6.45) is 0. The molecule has 0 bridgehead atoms. The number of hydrogen-bond donors (Lipinski definition) is 2. The highest BCUT2D eigenvalue weighted by atomic mass is 16.5. The van der Waals surface area contributed by atoms with Crippen LogP contribution in [0.5, 0.6) is 0 Å². The van der Waals surface area contributed by atoms with Gasteiger partial charge in [-0.1, -0.05) is 0 Å². The van der Waals surface area contributed by atoms with E-state index in [0.717, 1.165) is 39.4 Å². The molecular formula is C8H16N2O3. The van der Waals surface area contributed by atoms with Crippen molar-refractivity contribution in [2.75, 3.05) is 45.9 Å². The van der Waals surface area contributed by atoms with Crippen molar-refractivity contribution in [1.29, 1.82) is 0 Å². The molecule has 2 N–H and O–H groups in total. The van der Waals surface area contributed by atoms with Gasteiger partial charge in [0.05, 0.1) is 19.8 Å². The molecule has 1 saturated heterocycles. The molecule has 1 fully saturated rings. The van der Waals surface area contributed by atoms with E-state index < -0.39 is 5.97 Å². The average molecular weight is 188 g/mol. The highest BCUT2D eigenvalue weighted by Gasteiger charge is 2.08. The fourth-order valence-corrected chi connectivity index (χ4v) is 1.26. The van der Waals surface area contributed by atoms with Crippen LogP contribution in [0.2, 0.25) is 0 Å². The molecule has 1 rings (SSSR count). The number of carbonyl (C=O) groups is 1. The number of nitrogens with one attached hydrogen (secondary N) is 1. The lowest BCUT2D eigenvalue weighted by Crippen LogP contribution is -2.41. The first-order valence-corrected chi connectivity index (χ1v) is 4.51. The summed E-state index contributed by atoms with van der Waals surface area (Å²) < 4.78 is 5.19. The Morgan fingerprint density at radius 3 is 2.77 bits per heavy atom.